The van der Waals surface area contributed by atoms with Gasteiger partial charge in [-0.05, 0) is 49.2 Å². The average Bonchev–Trinajstić information content (AvgIpc) is 3.69. The fraction of sp³-hybridized carbons (Fsp3) is 0.276. The maximum atomic E-state index is 13.4. The van der Waals surface area contributed by atoms with E-state index in [2.05, 4.69) is 10.1 Å². The first-order valence-electron chi connectivity index (χ1n) is 13.0. The number of rotatable bonds is 8. The van der Waals surface area contributed by atoms with Crippen LogP contribution in [0.2, 0.25) is 15.1 Å². The fourth-order valence-electron chi connectivity index (χ4n) is 5.10. The Morgan fingerprint density at radius 1 is 1.07 bits per heavy atom. The van der Waals surface area contributed by atoms with E-state index in [1.165, 1.54) is 17.0 Å². The second kappa shape index (κ2) is 10.9. The number of halogens is 6. The van der Waals surface area contributed by atoms with Gasteiger partial charge in [-0.25, -0.2) is 9.78 Å². The van der Waals surface area contributed by atoms with Gasteiger partial charge in [0.15, 0.2) is 5.69 Å². The van der Waals surface area contributed by atoms with Crippen LogP contribution >= 0.6 is 34.8 Å². The predicted molar refractivity (Wildman–Crippen MR) is 152 cm³/mol. The molecule has 43 heavy (non-hydrogen) atoms. The van der Waals surface area contributed by atoms with Crippen LogP contribution in [0.3, 0.4) is 0 Å². The third-order valence-corrected chi connectivity index (χ3v) is 8.34. The van der Waals surface area contributed by atoms with Gasteiger partial charge in [-0.15, -0.1) is 0 Å². The van der Waals surface area contributed by atoms with Gasteiger partial charge in [-0.1, -0.05) is 52.1 Å². The number of carboxylic acid groups (broad SMARTS) is 1. The number of ether oxygens (including phenoxy) is 1. The highest BCUT2D eigenvalue weighted by Gasteiger charge is 2.46. The molecule has 6 rings (SSSR count). The Morgan fingerprint density at radius 3 is 2.37 bits per heavy atom. The molecule has 2 aromatic carbocycles. The minimum absolute atomic E-state index is 0.0828. The normalized spacial score (nSPS) is 16.2. The van der Waals surface area contributed by atoms with Crippen LogP contribution in [0.25, 0.3) is 11.3 Å². The highest BCUT2D eigenvalue weighted by atomic mass is 35.5. The summed E-state index contributed by atoms with van der Waals surface area (Å²) >= 11 is 19.4. The van der Waals surface area contributed by atoms with Crippen molar-refractivity contribution in [2.24, 2.45) is 0 Å². The van der Waals surface area contributed by atoms with E-state index in [0.29, 0.717) is 43.9 Å². The summed E-state index contributed by atoms with van der Waals surface area (Å²) in [5.41, 5.74) is -1.85. The summed E-state index contributed by atoms with van der Waals surface area (Å²) in [5.74, 6) is -0.528. The lowest BCUT2D eigenvalue weighted by molar-refractivity contribution is -0.141. The van der Waals surface area contributed by atoms with Gasteiger partial charge in [0.2, 0.25) is 0 Å². The van der Waals surface area contributed by atoms with Crippen molar-refractivity contribution in [1.29, 1.82) is 0 Å². The highest BCUT2D eigenvalue weighted by molar-refractivity contribution is 6.39. The molecule has 0 radical (unpaired) electrons. The third kappa shape index (κ3) is 5.62. The summed E-state index contributed by atoms with van der Waals surface area (Å²) in [5, 5.41) is 25.6. The van der Waals surface area contributed by atoms with E-state index >= 15 is 0 Å². The molecule has 14 heteroatoms. The zero-order chi connectivity index (χ0) is 30.7. The summed E-state index contributed by atoms with van der Waals surface area (Å²) in [6.45, 7) is -0.145. The zero-order valence-corrected chi connectivity index (χ0v) is 24.2. The monoisotopic (exact) mass is 653 g/mol. The van der Waals surface area contributed by atoms with Crippen LogP contribution in [-0.4, -0.2) is 39.4 Å². The molecule has 0 atom stereocenters. The largest absolute Gasteiger partial charge is 0.489 e. The molecule has 0 unspecified atom stereocenters. The lowest BCUT2D eigenvalue weighted by atomic mass is 9.86. The van der Waals surface area contributed by atoms with Crippen LogP contribution < -0.4 is 9.64 Å². The van der Waals surface area contributed by atoms with Crippen molar-refractivity contribution in [3.05, 3.63) is 91.7 Å². The molecular formula is C29H21Cl3F3N3O5. The number of aromatic nitrogens is 2. The molecule has 1 aliphatic heterocycles. The zero-order valence-electron chi connectivity index (χ0n) is 22.0. The molecule has 1 saturated carbocycles. The van der Waals surface area contributed by atoms with Crippen LogP contribution in [0.15, 0.2) is 53.1 Å². The van der Waals surface area contributed by atoms with Gasteiger partial charge in [0, 0.05) is 17.0 Å². The van der Waals surface area contributed by atoms with E-state index in [1.807, 2.05) is 0 Å². The van der Waals surface area contributed by atoms with Gasteiger partial charge >= 0.3 is 12.1 Å². The fourth-order valence-corrected chi connectivity index (χ4v) is 6.02. The molecule has 8 nitrogen and oxygen atoms in total. The number of alkyl halides is 3. The number of aliphatic hydroxyl groups is 1. The summed E-state index contributed by atoms with van der Waals surface area (Å²) < 4.78 is 51.9. The third-order valence-electron chi connectivity index (χ3n) is 7.40. The Hall–Kier alpha value is -3.51. The van der Waals surface area contributed by atoms with E-state index in [4.69, 9.17) is 49.2 Å². The molecule has 0 spiro atoms. The lowest BCUT2D eigenvalue weighted by Gasteiger charge is -2.47. The van der Waals surface area contributed by atoms with Crippen molar-refractivity contribution in [3.63, 3.8) is 0 Å². The van der Waals surface area contributed by atoms with Crippen LogP contribution in [0.1, 0.15) is 51.7 Å². The number of anilines is 1. The lowest BCUT2D eigenvalue weighted by Crippen LogP contribution is -2.60. The Morgan fingerprint density at radius 2 is 1.77 bits per heavy atom. The predicted octanol–water partition coefficient (Wildman–Crippen LogP) is 7.58. The number of hydrogen-bond donors (Lipinski definition) is 2. The number of hydrogen-bond acceptors (Lipinski definition) is 7. The molecule has 224 valence electrons. The Kier molecular flexibility index (Phi) is 7.48. The first kappa shape index (κ1) is 29.6. The molecule has 0 amide bonds. The van der Waals surface area contributed by atoms with Crippen molar-refractivity contribution >= 4 is 46.6 Å². The van der Waals surface area contributed by atoms with Crippen molar-refractivity contribution in [1.82, 2.24) is 10.1 Å². The molecule has 2 N–H and O–H groups in total. The van der Waals surface area contributed by atoms with Crippen LogP contribution in [-0.2, 0) is 18.4 Å². The van der Waals surface area contributed by atoms with Gasteiger partial charge in [0.05, 0.1) is 39.3 Å². The van der Waals surface area contributed by atoms with Crippen molar-refractivity contribution in [3.8, 4) is 17.0 Å². The summed E-state index contributed by atoms with van der Waals surface area (Å²) in [7, 11) is 0. The van der Waals surface area contributed by atoms with Gasteiger partial charge in [0.1, 0.15) is 35.2 Å². The minimum Gasteiger partial charge on any atom is -0.489 e. The van der Waals surface area contributed by atoms with E-state index in [1.54, 1.807) is 30.3 Å². The SMILES string of the molecule is O=C(O)c1ccc(N2CC(O)(c3ccc(OCc4c(-c5c(Cl)cccc5Cl)noc4C4CC4)cc3Cl)C2)nc1C(F)(F)F. The second-order valence-electron chi connectivity index (χ2n) is 10.4. The molecular weight excluding hydrogens is 634 g/mol. The quantitative estimate of drug-likeness (QED) is 0.200. The number of carbonyl (C=O) groups is 1. The first-order chi connectivity index (χ1) is 20.4. The number of aromatic carboxylic acids is 1. The molecule has 2 aliphatic rings. The Labute approximate surface area is 257 Å². The van der Waals surface area contributed by atoms with Gasteiger partial charge < -0.3 is 24.4 Å². The standard InChI is InChI=1S/C29H21Cl3F3N3O5/c30-19-2-1-3-20(31)23(19)24-17(25(43-37-24)14-4-5-14)11-42-15-6-8-18(21(32)10-15)28(41)12-38(13-28)22-9-7-16(27(39)40)26(36-22)29(33,34)35/h1-3,6-10,14,41H,4-5,11-13H2,(H,39,40). The number of β-amino-alcohol motifs (C(OH)–C–C–N with tert-alkyl or cyclic N) is 1. The van der Waals surface area contributed by atoms with Crippen LogP contribution in [0, 0.1) is 0 Å². The van der Waals surface area contributed by atoms with E-state index in [-0.39, 0.29) is 36.5 Å². The highest BCUT2D eigenvalue weighted by Crippen LogP contribution is 2.46. The topological polar surface area (TPSA) is 109 Å². The first-order valence-corrected chi connectivity index (χ1v) is 14.1. The number of pyridine rings is 1. The molecule has 4 aromatic rings. The number of carboxylic acids is 1. The van der Waals surface area contributed by atoms with Gasteiger partial charge in [-0.2, -0.15) is 13.2 Å². The maximum absolute atomic E-state index is 13.4. The molecule has 2 fully saturated rings. The minimum atomic E-state index is -4.96. The van der Waals surface area contributed by atoms with Gasteiger partial charge in [-0.3, -0.25) is 0 Å². The average molecular weight is 655 g/mol. The summed E-state index contributed by atoms with van der Waals surface area (Å²) in [6, 6.07) is 11.9. The smallest absolute Gasteiger partial charge is 0.434 e. The molecule has 2 aromatic heterocycles. The van der Waals surface area contributed by atoms with E-state index in [0.717, 1.165) is 18.9 Å². The number of nitrogens with zero attached hydrogens (tertiary/aromatic N) is 3. The summed E-state index contributed by atoms with van der Waals surface area (Å²) in [6.07, 6.45) is -3.04. The Bertz CT molecular complexity index is 1720. The van der Waals surface area contributed by atoms with Crippen molar-refractivity contribution in [2.75, 3.05) is 18.0 Å². The van der Waals surface area contributed by atoms with E-state index < -0.39 is 29.0 Å². The Balaban J connectivity index is 1.19. The van der Waals surface area contributed by atoms with Gasteiger partial charge in [0.25, 0.3) is 0 Å². The molecule has 1 aliphatic carbocycles. The van der Waals surface area contributed by atoms with E-state index in [9.17, 15) is 23.1 Å². The van der Waals surface area contributed by atoms with Crippen molar-refractivity contribution < 1.29 is 37.4 Å². The second-order valence-corrected chi connectivity index (χ2v) is 11.7. The molecule has 1 saturated heterocycles. The molecule has 3 heterocycles. The summed E-state index contributed by atoms with van der Waals surface area (Å²) in [4.78, 5) is 16.1. The maximum Gasteiger partial charge on any atom is 0.434 e. The van der Waals surface area contributed by atoms with Crippen LogP contribution in [0.4, 0.5) is 19.0 Å². The molecule has 0 bridgehead atoms. The van der Waals surface area contributed by atoms with Crippen molar-refractivity contribution in [2.45, 2.75) is 37.1 Å². The number of benzene rings is 2. The van der Waals surface area contributed by atoms with Crippen LogP contribution in [0.5, 0.6) is 5.75 Å².